The number of hydrogen-bond acceptors (Lipinski definition) is 6. The number of ether oxygens (including phenoxy) is 1. The van der Waals surface area contributed by atoms with Crippen LogP contribution in [0.2, 0.25) is 5.02 Å². The molecule has 9 heteroatoms. The van der Waals surface area contributed by atoms with E-state index in [1.165, 1.54) is 6.07 Å². The second kappa shape index (κ2) is 9.11. The minimum absolute atomic E-state index is 0.00656. The number of carbonyl (C=O) groups is 1. The standard InChI is InChI=1S/C20H23ClN4O4/c1-14(20(26)22-16-5-3-4-6-19(16)29-2)23-9-11-24(12-10-23)17-8-7-15(21)13-18(17)25(27)28/h3-8,13-14H,9-12H2,1-2H3,(H,22,26)/t14-/m1/s1. The smallest absolute Gasteiger partial charge is 0.294 e. The molecule has 2 aromatic carbocycles. The minimum atomic E-state index is -0.420. The third-order valence-electron chi connectivity index (χ3n) is 5.08. The molecule has 0 saturated carbocycles. The van der Waals surface area contributed by atoms with E-state index in [2.05, 4.69) is 10.2 Å². The molecule has 0 unspecified atom stereocenters. The number of hydrogen-bond donors (Lipinski definition) is 1. The molecular weight excluding hydrogens is 396 g/mol. The lowest BCUT2D eigenvalue weighted by Crippen LogP contribution is -2.53. The molecule has 1 aliphatic heterocycles. The van der Waals surface area contributed by atoms with Crippen molar-refractivity contribution in [3.05, 3.63) is 57.6 Å². The van der Waals surface area contributed by atoms with Crippen molar-refractivity contribution in [3.8, 4) is 5.75 Å². The van der Waals surface area contributed by atoms with Gasteiger partial charge in [0.1, 0.15) is 11.4 Å². The SMILES string of the molecule is COc1ccccc1NC(=O)[C@@H](C)N1CCN(c2ccc(Cl)cc2[N+](=O)[O-])CC1. The number of halogens is 1. The summed E-state index contributed by atoms with van der Waals surface area (Å²) in [4.78, 5) is 27.6. The fourth-order valence-corrected chi connectivity index (χ4v) is 3.58. The average Bonchev–Trinajstić information content (AvgIpc) is 2.73. The van der Waals surface area contributed by atoms with Crippen molar-refractivity contribution in [1.82, 2.24) is 4.90 Å². The molecule has 0 radical (unpaired) electrons. The van der Waals surface area contributed by atoms with Crippen LogP contribution in [-0.4, -0.2) is 55.1 Å². The summed E-state index contributed by atoms with van der Waals surface area (Å²) in [6, 6.07) is 11.6. The number of para-hydroxylation sites is 2. The number of anilines is 2. The van der Waals surface area contributed by atoms with Crippen molar-refractivity contribution in [3.63, 3.8) is 0 Å². The Balaban J connectivity index is 1.63. The second-order valence-corrected chi connectivity index (χ2v) is 7.22. The molecule has 0 spiro atoms. The first-order valence-corrected chi connectivity index (χ1v) is 9.65. The molecule has 154 valence electrons. The van der Waals surface area contributed by atoms with E-state index in [0.29, 0.717) is 48.3 Å². The Bertz CT molecular complexity index is 900. The summed E-state index contributed by atoms with van der Waals surface area (Å²) in [6.45, 7) is 4.23. The van der Waals surface area contributed by atoms with Gasteiger partial charge in [-0.15, -0.1) is 0 Å². The van der Waals surface area contributed by atoms with E-state index < -0.39 is 4.92 Å². The van der Waals surface area contributed by atoms with Gasteiger partial charge in [0.2, 0.25) is 5.91 Å². The Morgan fingerprint density at radius 3 is 2.55 bits per heavy atom. The molecule has 1 amide bonds. The summed E-state index contributed by atoms with van der Waals surface area (Å²) in [5.74, 6) is 0.480. The van der Waals surface area contributed by atoms with E-state index in [1.807, 2.05) is 24.0 Å². The highest BCUT2D eigenvalue weighted by atomic mass is 35.5. The number of carbonyl (C=O) groups excluding carboxylic acids is 1. The molecule has 2 aromatic rings. The zero-order valence-electron chi connectivity index (χ0n) is 16.3. The van der Waals surface area contributed by atoms with Gasteiger partial charge in [-0.3, -0.25) is 19.8 Å². The van der Waals surface area contributed by atoms with Crippen LogP contribution >= 0.6 is 11.6 Å². The normalized spacial score (nSPS) is 15.6. The highest BCUT2D eigenvalue weighted by molar-refractivity contribution is 6.30. The van der Waals surface area contributed by atoms with Crippen LogP contribution in [0.1, 0.15) is 6.92 Å². The molecule has 1 heterocycles. The Labute approximate surface area is 174 Å². The largest absolute Gasteiger partial charge is 0.495 e. The van der Waals surface area contributed by atoms with Crippen LogP contribution in [0.15, 0.2) is 42.5 Å². The first-order valence-electron chi connectivity index (χ1n) is 9.27. The zero-order valence-corrected chi connectivity index (χ0v) is 17.1. The predicted molar refractivity (Wildman–Crippen MR) is 113 cm³/mol. The monoisotopic (exact) mass is 418 g/mol. The molecule has 29 heavy (non-hydrogen) atoms. The van der Waals surface area contributed by atoms with Gasteiger partial charge in [0, 0.05) is 37.3 Å². The first-order chi connectivity index (χ1) is 13.9. The molecule has 1 aliphatic rings. The van der Waals surface area contributed by atoms with Crippen molar-refractivity contribution in [1.29, 1.82) is 0 Å². The lowest BCUT2D eigenvalue weighted by molar-refractivity contribution is -0.384. The Kier molecular flexibility index (Phi) is 6.56. The predicted octanol–water partition coefficient (Wildman–Crippen LogP) is 3.41. The van der Waals surface area contributed by atoms with Crippen LogP contribution in [0.5, 0.6) is 5.75 Å². The molecule has 0 aliphatic carbocycles. The molecule has 0 aromatic heterocycles. The first kappa shape index (κ1) is 20.9. The molecule has 1 saturated heterocycles. The summed E-state index contributed by atoms with van der Waals surface area (Å²) in [7, 11) is 1.56. The molecule has 3 rings (SSSR count). The fourth-order valence-electron chi connectivity index (χ4n) is 3.41. The number of benzene rings is 2. The van der Waals surface area contributed by atoms with Gasteiger partial charge in [0.05, 0.1) is 23.8 Å². The number of rotatable bonds is 6. The Morgan fingerprint density at radius 1 is 1.21 bits per heavy atom. The molecule has 1 atom stereocenters. The molecular formula is C20H23ClN4O4. The van der Waals surface area contributed by atoms with Gasteiger partial charge in [-0.2, -0.15) is 0 Å². The van der Waals surface area contributed by atoms with E-state index in [4.69, 9.17) is 16.3 Å². The van der Waals surface area contributed by atoms with Gasteiger partial charge in [-0.05, 0) is 31.2 Å². The molecule has 8 nitrogen and oxygen atoms in total. The van der Waals surface area contributed by atoms with Crippen molar-refractivity contribution < 1.29 is 14.5 Å². The number of nitrogens with zero attached hydrogens (tertiary/aromatic N) is 3. The number of nitro groups is 1. The summed E-state index contributed by atoms with van der Waals surface area (Å²) in [6.07, 6.45) is 0. The maximum Gasteiger partial charge on any atom is 0.294 e. The van der Waals surface area contributed by atoms with Crippen LogP contribution in [0.4, 0.5) is 17.1 Å². The van der Waals surface area contributed by atoms with E-state index in [-0.39, 0.29) is 17.6 Å². The summed E-state index contributed by atoms with van der Waals surface area (Å²) >= 11 is 5.90. The van der Waals surface area contributed by atoms with Crippen LogP contribution < -0.4 is 15.0 Å². The maximum atomic E-state index is 12.7. The van der Waals surface area contributed by atoms with E-state index >= 15 is 0 Å². The van der Waals surface area contributed by atoms with E-state index in [1.54, 1.807) is 31.4 Å². The lowest BCUT2D eigenvalue weighted by atomic mass is 10.1. The van der Waals surface area contributed by atoms with Crippen LogP contribution in [0.3, 0.4) is 0 Å². The Morgan fingerprint density at radius 2 is 1.90 bits per heavy atom. The van der Waals surface area contributed by atoms with Gasteiger partial charge >= 0.3 is 0 Å². The van der Waals surface area contributed by atoms with Crippen molar-refractivity contribution in [2.75, 3.05) is 43.5 Å². The van der Waals surface area contributed by atoms with Crippen LogP contribution in [-0.2, 0) is 4.79 Å². The number of amides is 1. The highest BCUT2D eigenvalue weighted by Gasteiger charge is 2.28. The van der Waals surface area contributed by atoms with Crippen molar-refractivity contribution >= 4 is 34.6 Å². The quantitative estimate of drug-likeness (QED) is 0.571. The maximum absolute atomic E-state index is 12.7. The average molecular weight is 419 g/mol. The number of nitro benzene ring substituents is 1. The fraction of sp³-hybridized carbons (Fsp3) is 0.350. The van der Waals surface area contributed by atoms with Gasteiger partial charge in [-0.25, -0.2) is 0 Å². The molecule has 0 bridgehead atoms. The second-order valence-electron chi connectivity index (χ2n) is 6.78. The van der Waals surface area contributed by atoms with Gasteiger partial charge in [-0.1, -0.05) is 23.7 Å². The highest BCUT2D eigenvalue weighted by Crippen LogP contribution is 2.32. The topological polar surface area (TPSA) is 88.0 Å². The number of methoxy groups -OCH3 is 1. The van der Waals surface area contributed by atoms with Gasteiger partial charge in [0.25, 0.3) is 5.69 Å². The summed E-state index contributed by atoms with van der Waals surface area (Å²) in [5, 5.41) is 14.6. The van der Waals surface area contributed by atoms with Crippen molar-refractivity contribution in [2.45, 2.75) is 13.0 Å². The lowest BCUT2D eigenvalue weighted by Gasteiger charge is -2.38. The van der Waals surface area contributed by atoms with E-state index in [9.17, 15) is 14.9 Å². The summed E-state index contributed by atoms with van der Waals surface area (Å²) in [5.41, 5.74) is 1.17. The van der Waals surface area contributed by atoms with Gasteiger partial charge < -0.3 is 15.0 Å². The van der Waals surface area contributed by atoms with Crippen LogP contribution in [0, 0.1) is 10.1 Å². The molecule has 1 fully saturated rings. The van der Waals surface area contributed by atoms with Crippen LogP contribution in [0.25, 0.3) is 0 Å². The summed E-state index contributed by atoms with van der Waals surface area (Å²) < 4.78 is 5.27. The molecule has 1 N–H and O–H groups in total. The number of nitrogens with one attached hydrogen (secondary N) is 1. The van der Waals surface area contributed by atoms with E-state index in [0.717, 1.165) is 0 Å². The third kappa shape index (κ3) is 4.78. The Hall–Kier alpha value is -2.84. The number of piperazine rings is 1. The van der Waals surface area contributed by atoms with Crippen molar-refractivity contribution in [2.24, 2.45) is 0 Å². The third-order valence-corrected chi connectivity index (χ3v) is 5.32. The zero-order chi connectivity index (χ0) is 21.0. The van der Waals surface area contributed by atoms with Gasteiger partial charge in [0.15, 0.2) is 0 Å². The minimum Gasteiger partial charge on any atom is -0.495 e.